The van der Waals surface area contributed by atoms with Crippen molar-refractivity contribution >= 4 is 17.7 Å². The maximum atomic E-state index is 11.1. The fourth-order valence-corrected chi connectivity index (χ4v) is 1.10. The number of hydrogen-bond donors (Lipinski definition) is 1. The standard InChI is InChI=1S/C10H14N4O3/c1-11-9(15)6-14(2)8-5-12-7(4-13-8)10(16)17-3/h4-5H,6H2,1-3H3,(H,11,15). The average Bonchev–Trinajstić information content (AvgIpc) is 2.37. The Hall–Kier alpha value is -2.18. The first-order valence-electron chi connectivity index (χ1n) is 4.90. The second kappa shape index (κ2) is 5.78. The Labute approximate surface area is 98.8 Å². The number of carbonyl (C=O) groups excluding carboxylic acids is 2. The molecule has 17 heavy (non-hydrogen) atoms. The lowest BCUT2D eigenvalue weighted by Gasteiger charge is -2.16. The number of esters is 1. The molecule has 0 atom stereocenters. The second-order valence-electron chi connectivity index (χ2n) is 3.28. The topological polar surface area (TPSA) is 84.4 Å². The third kappa shape index (κ3) is 3.40. The van der Waals surface area contributed by atoms with Gasteiger partial charge in [0.2, 0.25) is 5.91 Å². The fraction of sp³-hybridized carbons (Fsp3) is 0.400. The van der Waals surface area contributed by atoms with Crippen LogP contribution in [-0.4, -0.2) is 49.6 Å². The Morgan fingerprint density at radius 3 is 2.59 bits per heavy atom. The first-order chi connectivity index (χ1) is 8.08. The van der Waals surface area contributed by atoms with Gasteiger partial charge in [0.1, 0.15) is 5.82 Å². The molecule has 0 aromatic carbocycles. The van der Waals surface area contributed by atoms with Crippen LogP contribution >= 0.6 is 0 Å². The Morgan fingerprint density at radius 1 is 1.41 bits per heavy atom. The van der Waals surface area contributed by atoms with E-state index in [1.807, 2.05) is 0 Å². The zero-order valence-corrected chi connectivity index (χ0v) is 9.93. The van der Waals surface area contributed by atoms with Crippen molar-refractivity contribution in [3.05, 3.63) is 18.1 Å². The zero-order valence-electron chi connectivity index (χ0n) is 9.93. The second-order valence-corrected chi connectivity index (χ2v) is 3.28. The van der Waals surface area contributed by atoms with Crippen LogP contribution < -0.4 is 10.2 Å². The van der Waals surface area contributed by atoms with Crippen LogP contribution in [0.5, 0.6) is 0 Å². The molecule has 0 unspecified atom stereocenters. The number of rotatable bonds is 4. The largest absolute Gasteiger partial charge is 0.464 e. The van der Waals surface area contributed by atoms with Crippen molar-refractivity contribution in [2.75, 3.05) is 32.6 Å². The molecule has 0 bridgehead atoms. The molecule has 0 aliphatic carbocycles. The third-order valence-electron chi connectivity index (χ3n) is 2.08. The van der Waals surface area contributed by atoms with E-state index in [1.54, 1.807) is 19.0 Å². The molecule has 0 fully saturated rings. The van der Waals surface area contributed by atoms with Crippen LogP contribution in [0, 0.1) is 0 Å². The van der Waals surface area contributed by atoms with Crippen molar-refractivity contribution in [1.29, 1.82) is 0 Å². The van der Waals surface area contributed by atoms with Crippen LogP contribution in [0.2, 0.25) is 0 Å². The lowest BCUT2D eigenvalue weighted by Crippen LogP contribution is -2.33. The van der Waals surface area contributed by atoms with Crippen molar-refractivity contribution in [3.8, 4) is 0 Å². The van der Waals surface area contributed by atoms with Crippen LogP contribution in [0.25, 0.3) is 0 Å². The van der Waals surface area contributed by atoms with Gasteiger partial charge in [-0.3, -0.25) is 4.79 Å². The summed E-state index contributed by atoms with van der Waals surface area (Å²) < 4.78 is 4.50. The van der Waals surface area contributed by atoms with Gasteiger partial charge < -0.3 is 15.0 Å². The number of amides is 1. The molecule has 1 heterocycles. The number of methoxy groups -OCH3 is 1. The summed E-state index contributed by atoms with van der Waals surface area (Å²) in [6.45, 7) is 0.169. The summed E-state index contributed by atoms with van der Waals surface area (Å²) in [5.74, 6) is -0.175. The number of carbonyl (C=O) groups is 2. The van der Waals surface area contributed by atoms with Gasteiger partial charge >= 0.3 is 5.97 Å². The summed E-state index contributed by atoms with van der Waals surface area (Å²) in [7, 11) is 4.54. The Balaban J connectivity index is 2.73. The molecular weight excluding hydrogens is 224 g/mol. The molecule has 0 radical (unpaired) electrons. The smallest absolute Gasteiger partial charge is 0.358 e. The molecule has 1 aromatic heterocycles. The van der Waals surface area contributed by atoms with E-state index in [0.29, 0.717) is 5.82 Å². The Kier molecular flexibility index (Phi) is 4.38. The first-order valence-corrected chi connectivity index (χ1v) is 4.90. The van der Waals surface area contributed by atoms with Gasteiger partial charge in [0.05, 0.1) is 26.0 Å². The SMILES string of the molecule is CNC(=O)CN(C)c1cnc(C(=O)OC)cn1. The van der Waals surface area contributed by atoms with Gasteiger partial charge in [0, 0.05) is 14.1 Å². The van der Waals surface area contributed by atoms with E-state index in [4.69, 9.17) is 0 Å². The van der Waals surface area contributed by atoms with Gasteiger partial charge in [-0.05, 0) is 0 Å². The molecule has 92 valence electrons. The molecule has 0 saturated carbocycles. The van der Waals surface area contributed by atoms with Crippen LogP contribution in [0.15, 0.2) is 12.4 Å². The van der Waals surface area contributed by atoms with Crippen molar-refractivity contribution < 1.29 is 14.3 Å². The molecule has 0 saturated heterocycles. The van der Waals surface area contributed by atoms with Gasteiger partial charge in [0.25, 0.3) is 0 Å². The molecule has 0 aliphatic heterocycles. The number of aromatic nitrogens is 2. The van der Waals surface area contributed by atoms with Crippen LogP contribution in [0.1, 0.15) is 10.5 Å². The van der Waals surface area contributed by atoms with E-state index in [0.717, 1.165) is 0 Å². The van der Waals surface area contributed by atoms with Crippen LogP contribution in [0.4, 0.5) is 5.82 Å². The molecule has 0 spiro atoms. The van der Waals surface area contributed by atoms with E-state index in [9.17, 15) is 9.59 Å². The van der Waals surface area contributed by atoms with E-state index >= 15 is 0 Å². The summed E-state index contributed by atoms with van der Waals surface area (Å²) in [5, 5.41) is 2.50. The van der Waals surface area contributed by atoms with E-state index in [2.05, 4.69) is 20.0 Å². The molecule has 7 heteroatoms. The molecule has 0 aliphatic rings. The van der Waals surface area contributed by atoms with E-state index in [1.165, 1.54) is 19.5 Å². The van der Waals surface area contributed by atoms with Gasteiger partial charge in [-0.15, -0.1) is 0 Å². The Morgan fingerprint density at radius 2 is 2.12 bits per heavy atom. The summed E-state index contributed by atoms with van der Waals surface area (Å²) >= 11 is 0. The number of likely N-dealkylation sites (N-methyl/N-ethyl adjacent to an activating group) is 2. The molecule has 1 rings (SSSR count). The van der Waals surface area contributed by atoms with Gasteiger partial charge in [-0.1, -0.05) is 0 Å². The summed E-state index contributed by atoms with van der Waals surface area (Å²) in [4.78, 5) is 31.8. The van der Waals surface area contributed by atoms with Gasteiger partial charge in [0.15, 0.2) is 5.69 Å². The zero-order chi connectivity index (χ0) is 12.8. The predicted molar refractivity (Wildman–Crippen MR) is 60.7 cm³/mol. The predicted octanol–water partition coefficient (Wildman–Crippen LogP) is -0.555. The minimum absolute atomic E-state index is 0.129. The number of nitrogens with one attached hydrogen (secondary N) is 1. The van der Waals surface area contributed by atoms with Crippen molar-refractivity contribution in [3.63, 3.8) is 0 Å². The maximum absolute atomic E-state index is 11.1. The lowest BCUT2D eigenvalue weighted by molar-refractivity contribution is -0.119. The highest BCUT2D eigenvalue weighted by molar-refractivity contribution is 5.86. The summed E-state index contributed by atoms with van der Waals surface area (Å²) in [6, 6.07) is 0. The van der Waals surface area contributed by atoms with Crippen molar-refractivity contribution in [2.24, 2.45) is 0 Å². The summed E-state index contributed by atoms with van der Waals surface area (Å²) in [6.07, 6.45) is 2.72. The monoisotopic (exact) mass is 238 g/mol. The van der Waals surface area contributed by atoms with Crippen LogP contribution in [-0.2, 0) is 9.53 Å². The molecule has 1 amide bonds. The number of anilines is 1. The summed E-state index contributed by atoms with van der Waals surface area (Å²) in [5.41, 5.74) is 0.129. The molecular formula is C10H14N4O3. The number of hydrogen-bond acceptors (Lipinski definition) is 6. The average molecular weight is 238 g/mol. The number of nitrogens with zero attached hydrogens (tertiary/aromatic N) is 3. The first kappa shape index (κ1) is 12.9. The number of ether oxygens (including phenoxy) is 1. The Bertz CT molecular complexity index is 405. The lowest BCUT2D eigenvalue weighted by atomic mass is 10.4. The highest BCUT2D eigenvalue weighted by atomic mass is 16.5. The molecule has 7 nitrogen and oxygen atoms in total. The molecule has 1 N–H and O–H groups in total. The van der Waals surface area contributed by atoms with Crippen molar-refractivity contribution in [1.82, 2.24) is 15.3 Å². The van der Waals surface area contributed by atoms with E-state index in [-0.39, 0.29) is 18.1 Å². The highest BCUT2D eigenvalue weighted by Crippen LogP contribution is 2.06. The maximum Gasteiger partial charge on any atom is 0.358 e. The minimum atomic E-state index is -0.544. The van der Waals surface area contributed by atoms with Crippen molar-refractivity contribution in [2.45, 2.75) is 0 Å². The van der Waals surface area contributed by atoms with Gasteiger partial charge in [-0.25, -0.2) is 14.8 Å². The fourth-order valence-electron chi connectivity index (χ4n) is 1.10. The van der Waals surface area contributed by atoms with Gasteiger partial charge in [-0.2, -0.15) is 0 Å². The molecule has 1 aromatic rings. The highest BCUT2D eigenvalue weighted by Gasteiger charge is 2.10. The third-order valence-corrected chi connectivity index (χ3v) is 2.08. The quantitative estimate of drug-likeness (QED) is 0.708. The normalized spacial score (nSPS) is 9.59. The van der Waals surface area contributed by atoms with Crippen LogP contribution in [0.3, 0.4) is 0 Å². The van der Waals surface area contributed by atoms with E-state index < -0.39 is 5.97 Å². The minimum Gasteiger partial charge on any atom is -0.464 e.